The number of hydrogen-bond acceptors (Lipinski definition) is 6. The third kappa shape index (κ3) is 3.50. The third-order valence-electron chi connectivity index (χ3n) is 4.24. The van der Waals surface area contributed by atoms with Crippen LogP contribution in [0.15, 0.2) is 35.7 Å². The predicted octanol–water partition coefficient (Wildman–Crippen LogP) is 1.51. The van der Waals surface area contributed by atoms with Crippen molar-refractivity contribution in [2.75, 3.05) is 6.61 Å². The number of rotatable bonds is 4. The summed E-state index contributed by atoms with van der Waals surface area (Å²) in [5, 5.41) is 42.0. The number of thiophene rings is 1. The summed E-state index contributed by atoms with van der Waals surface area (Å²) in [6, 6.07) is 9.25. The zero-order valence-electron chi connectivity index (χ0n) is 12.7. The van der Waals surface area contributed by atoms with Gasteiger partial charge < -0.3 is 25.2 Å². The first-order valence-corrected chi connectivity index (χ1v) is 8.88. The minimum atomic E-state index is -1.39. The molecule has 130 valence electrons. The molecule has 3 rings (SSSR count). The van der Waals surface area contributed by atoms with Crippen molar-refractivity contribution in [1.82, 2.24) is 0 Å². The summed E-state index contributed by atoms with van der Waals surface area (Å²) >= 11 is 7.90. The second kappa shape index (κ2) is 7.49. The number of halogens is 1. The SMILES string of the molecule is OC[C@H]1O[C@@H](c2ccc(Cl)c(Cc3cccs3)c2)[C@H](O)[C@@H](O)[C@@H]1O. The molecule has 1 aliphatic rings. The number of benzene rings is 1. The van der Waals surface area contributed by atoms with E-state index in [1.54, 1.807) is 23.5 Å². The molecule has 1 saturated heterocycles. The summed E-state index contributed by atoms with van der Waals surface area (Å²) in [5.74, 6) is 0. The summed E-state index contributed by atoms with van der Waals surface area (Å²) in [7, 11) is 0. The maximum atomic E-state index is 10.2. The van der Waals surface area contributed by atoms with E-state index in [0.29, 0.717) is 17.0 Å². The average Bonchev–Trinajstić information content (AvgIpc) is 3.08. The standard InChI is InChI=1S/C17H19ClO5S/c18-12-4-3-9(6-10(12)7-11-2-1-5-24-11)17-16(22)15(21)14(20)13(8-19)23-17/h1-6,13-17,19-22H,7-8H2/t13-,14-,15+,16-,17+/m1/s1. The minimum Gasteiger partial charge on any atom is -0.394 e. The second-order valence-corrected chi connectivity index (χ2v) is 7.30. The first-order chi connectivity index (χ1) is 11.5. The highest BCUT2D eigenvalue weighted by Gasteiger charge is 2.43. The third-order valence-corrected chi connectivity index (χ3v) is 5.48. The molecule has 2 heterocycles. The van der Waals surface area contributed by atoms with E-state index in [0.717, 1.165) is 10.4 Å². The van der Waals surface area contributed by atoms with E-state index in [4.69, 9.17) is 16.3 Å². The van der Waals surface area contributed by atoms with Crippen molar-refractivity contribution in [3.05, 3.63) is 56.7 Å². The van der Waals surface area contributed by atoms with Crippen molar-refractivity contribution in [2.24, 2.45) is 0 Å². The van der Waals surface area contributed by atoms with Gasteiger partial charge in [0.05, 0.1) is 6.61 Å². The van der Waals surface area contributed by atoms with Gasteiger partial charge in [-0.15, -0.1) is 11.3 Å². The van der Waals surface area contributed by atoms with Gasteiger partial charge >= 0.3 is 0 Å². The Hall–Kier alpha value is -0.990. The molecule has 1 aromatic heterocycles. The summed E-state index contributed by atoms with van der Waals surface area (Å²) in [6.07, 6.45) is -5.17. The Morgan fingerprint density at radius 1 is 1.08 bits per heavy atom. The van der Waals surface area contributed by atoms with Crippen molar-refractivity contribution < 1.29 is 25.2 Å². The first-order valence-electron chi connectivity index (χ1n) is 7.62. The van der Waals surface area contributed by atoms with Crippen LogP contribution in [0.3, 0.4) is 0 Å². The van der Waals surface area contributed by atoms with Crippen molar-refractivity contribution in [1.29, 1.82) is 0 Å². The van der Waals surface area contributed by atoms with Crippen LogP contribution in [0.4, 0.5) is 0 Å². The van der Waals surface area contributed by atoms with Gasteiger partial charge in [-0.05, 0) is 28.6 Å². The average molecular weight is 371 g/mol. The molecule has 24 heavy (non-hydrogen) atoms. The summed E-state index contributed by atoms with van der Waals surface area (Å²) in [4.78, 5) is 1.16. The fraction of sp³-hybridized carbons (Fsp3) is 0.412. The Balaban J connectivity index is 1.88. The summed E-state index contributed by atoms with van der Waals surface area (Å²) in [6.45, 7) is -0.447. The van der Waals surface area contributed by atoms with Crippen LogP contribution >= 0.6 is 22.9 Å². The molecule has 1 aromatic carbocycles. The van der Waals surface area contributed by atoms with E-state index in [9.17, 15) is 20.4 Å². The molecule has 5 atom stereocenters. The Morgan fingerprint density at radius 2 is 1.88 bits per heavy atom. The summed E-state index contributed by atoms with van der Waals surface area (Å²) in [5.41, 5.74) is 1.52. The Bertz CT molecular complexity index is 676. The molecule has 4 N–H and O–H groups in total. The van der Waals surface area contributed by atoms with Crippen LogP contribution in [0, 0.1) is 0 Å². The Kier molecular flexibility index (Phi) is 5.56. The quantitative estimate of drug-likeness (QED) is 0.655. The maximum absolute atomic E-state index is 10.2. The van der Waals surface area contributed by atoms with Crippen molar-refractivity contribution >= 4 is 22.9 Å². The molecular weight excluding hydrogens is 352 g/mol. The number of hydrogen-bond donors (Lipinski definition) is 4. The van der Waals surface area contributed by atoms with Gasteiger partial charge in [-0.2, -0.15) is 0 Å². The highest BCUT2D eigenvalue weighted by atomic mass is 35.5. The van der Waals surface area contributed by atoms with Gasteiger partial charge in [0, 0.05) is 16.3 Å². The van der Waals surface area contributed by atoms with E-state index in [-0.39, 0.29) is 0 Å². The zero-order valence-corrected chi connectivity index (χ0v) is 14.3. The van der Waals surface area contributed by atoms with Gasteiger partial charge in [0.15, 0.2) is 0 Å². The lowest BCUT2D eigenvalue weighted by atomic mass is 9.90. The fourth-order valence-corrected chi connectivity index (χ4v) is 3.80. The van der Waals surface area contributed by atoms with Crippen LogP contribution in [-0.4, -0.2) is 51.4 Å². The highest BCUT2D eigenvalue weighted by Crippen LogP contribution is 2.34. The van der Waals surface area contributed by atoms with Crippen LogP contribution in [0.5, 0.6) is 0 Å². The van der Waals surface area contributed by atoms with E-state index >= 15 is 0 Å². The minimum absolute atomic E-state index is 0.447. The highest BCUT2D eigenvalue weighted by molar-refractivity contribution is 7.09. The van der Waals surface area contributed by atoms with E-state index in [1.165, 1.54) is 0 Å². The smallest absolute Gasteiger partial charge is 0.113 e. The van der Waals surface area contributed by atoms with Crippen LogP contribution in [-0.2, 0) is 11.2 Å². The van der Waals surface area contributed by atoms with Crippen LogP contribution < -0.4 is 0 Å². The Labute approximate surface area is 148 Å². The van der Waals surface area contributed by atoms with E-state index in [1.807, 2.05) is 23.6 Å². The largest absolute Gasteiger partial charge is 0.394 e. The molecule has 7 heteroatoms. The molecule has 2 aromatic rings. The molecule has 1 fully saturated rings. The van der Waals surface area contributed by atoms with Gasteiger partial charge in [-0.1, -0.05) is 29.8 Å². The molecule has 0 amide bonds. The lowest BCUT2D eigenvalue weighted by Gasteiger charge is -2.40. The van der Waals surface area contributed by atoms with Crippen LogP contribution in [0.2, 0.25) is 5.02 Å². The molecule has 0 saturated carbocycles. The van der Waals surface area contributed by atoms with Crippen molar-refractivity contribution in [2.45, 2.75) is 36.9 Å². The normalized spacial score (nSPS) is 30.5. The first kappa shape index (κ1) is 17.8. The molecular formula is C17H19ClO5S. The van der Waals surface area contributed by atoms with Gasteiger partial charge in [0.2, 0.25) is 0 Å². The summed E-state index contributed by atoms with van der Waals surface area (Å²) < 4.78 is 5.60. The molecule has 0 bridgehead atoms. The zero-order chi connectivity index (χ0) is 17.3. The number of aliphatic hydroxyl groups is 4. The van der Waals surface area contributed by atoms with Crippen molar-refractivity contribution in [3.8, 4) is 0 Å². The molecule has 0 radical (unpaired) electrons. The molecule has 0 unspecified atom stereocenters. The monoisotopic (exact) mass is 370 g/mol. The van der Waals surface area contributed by atoms with Crippen molar-refractivity contribution in [3.63, 3.8) is 0 Å². The van der Waals surface area contributed by atoms with Gasteiger partial charge in [0.25, 0.3) is 0 Å². The molecule has 1 aliphatic heterocycles. The topological polar surface area (TPSA) is 90.2 Å². The lowest BCUT2D eigenvalue weighted by Crippen LogP contribution is -2.55. The van der Waals surface area contributed by atoms with Gasteiger partial charge in [-0.3, -0.25) is 0 Å². The van der Waals surface area contributed by atoms with Gasteiger partial charge in [0.1, 0.15) is 30.5 Å². The Morgan fingerprint density at radius 3 is 2.54 bits per heavy atom. The van der Waals surface area contributed by atoms with Crippen LogP contribution in [0.25, 0.3) is 0 Å². The lowest BCUT2D eigenvalue weighted by molar-refractivity contribution is -0.231. The maximum Gasteiger partial charge on any atom is 0.113 e. The number of ether oxygens (including phenoxy) is 1. The predicted molar refractivity (Wildman–Crippen MR) is 91.3 cm³/mol. The van der Waals surface area contributed by atoms with E-state index in [2.05, 4.69) is 0 Å². The number of aliphatic hydroxyl groups excluding tert-OH is 4. The second-order valence-electron chi connectivity index (χ2n) is 5.86. The van der Waals surface area contributed by atoms with E-state index < -0.39 is 37.1 Å². The molecule has 0 aliphatic carbocycles. The fourth-order valence-electron chi connectivity index (χ4n) is 2.89. The van der Waals surface area contributed by atoms with Crippen LogP contribution in [0.1, 0.15) is 22.1 Å². The molecule has 5 nitrogen and oxygen atoms in total. The van der Waals surface area contributed by atoms with Gasteiger partial charge in [-0.25, -0.2) is 0 Å². The molecule has 0 spiro atoms.